The fourth-order valence-electron chi connectivity index (χ4n) is 4.03. The summed E-state index contributed by atoms with van der Waals surface area (Å²) in [5.74, 6) is 0.181. The predicted molar refractivity (Wildman–Crippen MR) is 133 cm³/mol. The van der Waals surface area contributed by atoms with Crippen LogP contribution in [0.1, 0.15) is 21.6 Å². The van der Waals surface area contributed by atoms with Crippen LogP contribution < -0.4 is 11.1 Å². The second-order valence-electron chi connectivity index (χ2n) is 7.84. The largest absolute Gasteiger partial charge is 0.382 e. The number of anilines is 1. The average Bonchev–Trinajstić information content (AvgIpc) is 3.56. The number of nitrogens with two attached hydrogens (primary N) is 1. The molecule has 4 N–H and O–H groups in total. The number of fused-ring (bicyclic) bond motifs is 3. The molecule has 4 heterocycles. The van der Waals surface area contributed by atoms with Gasteiger partial charge >= 0.3 is 0 Å². The molecular weight excluding hydrogens is 472 g/mol. The number of benzene rings is 2. The van der Waals surface area contributed by atoms with Gasteiger partial charge in [-0.2, -0.15) is 0 Å². The number of carbonyl (C=O) groups is 1. The Kier molecular flexibility index (Phi) is 4.89. The molecule has 0 fully saturated rings. The number of H-pyrrole nitrogens is 1. The van der Waals surface area contributed by atoms with Gasteiger partial charge in [0.2, 0.25) is 0 Å². The molecule has 0 aliphatic rings. The summed E-state index contributed by atoms with van der Waals surface area (Å²) in [4.78, 5) is 33.0. The highest BCUT2D eigenvalue weighted by molar-refractivity contribution is 7.16. The second kappa shape index (κ2) is 8.08. The van der Waals surface area contributed by atoms with Gasteiger partial charge in [-0.1, -0.05) is 11.6 Å². The van der Waals surface area contributed by atoms with Crippen molar-refractivity contribution < 1.29 is 4.79 Å². The van der Waals surface area contributed by atoms with E-state index in [-0.39, 0.29) is 5.91 Å². The number of thiazole rings is 1. The number of halogens is 1. The van der Waals surface area contributed by atoms with Gasteiger partial charge in [0.05, 0.1) is 40.7 Å². The van der Waals surface area contributed by atoms with Crippen LogP contribution in [-0.4, -0.2) is 35.4 Å². The molecule has 2 aromatic carbocycles. The molecule has 4 aromatic heterocycles. The molecule has 0 saturated heterocycles. The van der Waals surface area contributed by atoms with Crippen molar-refractivity contribution in [3.63, 3.8) is 0 Å². The summed E-state index contributed by atoms with van der Waals surface area (Å²) in [7, 11) is 0. The number of nitrogens with zero attached hydrogens (tertiary/aromatic N) is 5. The summed E-state index contributed by atoms with van der Waals surface area (Å²) in [5, 5.41) is 4.54. The standard InChI is InChI=1S/C23H17ClN8OS/c24-15-3-13-5-16(7-26-23(33)12-1-2-18-17(6-12)30-11-34-18)31-19(13)14(4-15)8-32-10-29-20-21(25)27-9-28-22(20)32/h1-6,9-11,31H,7-8H2,(H,26,33)(H2,25,27,28). The summed E-state index contributed by atoms with van der Waals surface area (Å²) in [5.41, 5.74) is 13.1. The number of hydrogen-bond acceptors (Lipinski definition) is 7. The van der Waals surface area contributed by atoms with Gasteiger partial charge in [-0.05, 0) is 42.0 Å². The molecule has 34 heavy (non-hydrogen) atoms. The lowest BCUT2D eigenvalue weighted by atomic mass is 10.1. The number of carbonyl (C=O) groups excluding carboxylic acids is 1. The lowest BCUT2D eigenvalue weighted by Crippen LogP contribution is -2.22. The van der Waals surface area contributed by atoms with Gasteiger partial charge in [-0.15, -0.1) is 11.3 Å². The highest BCUT2D eigenvalue weighted by atomic mass is 35.5. The quantitative estimate of drug-likeness (QED) is 0.335. The predicted octanol–water partition coefficient (Wildman–Crippen LogP) is 4.13. The Morgan fingerprint density at radius 3 is 2.97 bits per heavy atom. The molecule has 0 bridgehead atoms. The number of nitrogens with one attached hydrogen (secondary N) is 2. The summed E-state index contributed by atoms with van der Waals surface area (Å²) in [6, 6.07) is 11.3. The van der Waals surface area contributed by atoms with E-state index in [0.717, 1.165) is 32.4 Å². The lowest BCUT2D eigenvalue weighted by molar-refractivity contribution is 0.0950. The topological polar surface area (TPSA) is 127 Å². The molecule has 11 heteroatoms. The highest BCUT2D eigenvalue weighted by Gasteiger charge is 2.13. The van der Waals surface area contributed by atoms with E-state index in [9.17, 15) is 4.79 Å². The van der Waals surface area contributed by atoms with Crippen LogP contribution in [0.25, 0.3) is 32.3 Å². The van der Waals surface area contributed by atoms with E-state index in [1.165, 1.54) is 6.33 Å². The van der Waals surface area contributed by atoms with E-state index >= 15 is 0 Å². The number of hydrogen-bond donors (Lipinski definition) is 3. The number of nitrogen functional groups attached to an aromatic ring is 1. The van der Waals surface area contributed by atoms with Crippen molar-refractivity contribution in [1.82, 2.24) is 34.8 Å². The molecule has 0 aliphatic carbocycles. The normalized spacial score (nSPS) is 11.6. The van der Waals surface area contributed by atoms with Crippen LogP contribution in [0.15, 0.2) is 54.6 Å². The van der Waals surface area contributed by atoms with E-state index in [1.54, 1.807) is 29.2 Å². The maximum Gasteiger partial charge on any atom is 0.251 e. The molecule has 0 spiro atoms. The Morgan fingerprint density at radius 2 is 2.06 bits per heavy atom. The maximum absolute atomic E-state index is 12.7. The number of aromatic nitrogens is 6. The molecule has 0 saturated carbocycles. The van der Waals surface area contributed by atoms with Crippen LogP contribution in [-0.2, 0) is 13.1 Å². The monoisotopic (exact) mass is 488 g/mol. The van der Waals surface area contributed by atoms with Crippen molar-refractivity contribution in [1.29, 1.82) is 0 Å². The average molecular weight is 489 g/mol. The Bertz CT molecular complexity index is 1700. The van der Waals surface area contributed by atoms with Crippen LogP contribution in [0.2, 0.25) is 5.02 Å². The van der Waals surface area contributed by atoms with Crippen LogP contribution >= 0.6 is 22.9 Å². The minimum atomic E-state index is -0.158. The van der Waals surface area contributed by atoms with Crippen molar-refractivity contribution >= 4 is 66.9 Å². The number of rotatable bonds is 5. The van der Waals surface area contributed by atoms with Crippen LogP contribution in [0.5, 0.6) is 0 Å². The van der Waals surface area contributed by atoms with Gasteiger partial charge < -0.3 is 20.6 Å². The van der Waals surface area contributed by atoms with Gasteiger partial charge in [0.1, 0.15) is 11.8 Å². The number of imidazole rings is 1. The molecule has 6 aromatic rings. The molecule has 168 valence electrons. The first-order valence-corrected chi connectivity index (χ1v) is 11.6. The third kappa shape index (κ3) is 3.62. The fourth-order valence-corrected chi connectivity index (χ4v) is 4.94. The zero-order chi connectivity index (χ0) is 23.2. The van der Waals surface area contributed by atoms with Crippen LogP contribution in [0.3, 0.4) is 0 Å². The summed E-state index contributed by atoms with van der Waals surface area (Å²) < 4.78 is 2.95. The molecule has 9 nitrogen and oxygen atoms in total. The van der Waals surface area contributed by atoms with Gasteiger partial charge in [-0.25, -0.2) is 19.9 Å². The Balaban J connectivity index is 1.26. The van der Waals surface area contributed by atoms with E-state index < -0.39 is 0 Å². The number of amides is 1. The van der Waals surface area contributed by atoms with Crippen LogP contribution in [0.4, 0.5) is 5.82 Å². The second-order valence-corrected chi connectivity index (χ2v) is 9.17. The SMILES string of the molecule is Nc1ncnc2c1ncn2Cc1cc(Cl)cc2cc(CNC(=O)c3ccc4scnc4c3)[nH]c12. The molecule has 1 amide bonds. The molecule has 0 radical (unpaired) electrons. The Morgan fingerprint density at radius 1 is 1.15 bits per heavy atom. The van der Waals surface area contributed by atoms with Crippen molar-refractivity contribution in [2.45, 2.75) is 13.1 Å². The zero-order valence-corrected chi connectivity index (χ0v) is 19.2. The maximum atomic E-state index is 12.7. The van der Waals surface area contributed by atoms with Gasteiger partial charge in [0, 0.05) is 21.7 Å². The van der Waals surface area contributed by atoms with E-state index in [0.29, 0.717) is 40.7 Å². The molecular formula is C23H17ClN8OS. The summed E-state index contributed by atoms with van der Waals surface area (Å²) >= 11 is 7.95. The molecule has 0 atom stereocenters. The van der Waals surface area contributed by atoms with Crippen molar-refractivity contribution in [3.8, 4) is 0 Å². The van der Waals surface area contributed by atoms with Crippen molar-refractivity contribution in [2.24, 2.45) is 0 Å². The highest BCUT2D eigenvalue weighted by Crippen LogP contribution is 2.27. The number of aromatic amines is 1. The van der Waals surface area contributed by atoms with E-state index in [1.807, 2.05) is 34.9 Å². The first kappa shape index (κ1) is 20.6. The molecule has 6 rings (SSSR count). The third-order valence-electron chi connectivity index (χ3n) is 5.63. The molecule has 0 unspecified atom stereocenters. The smallest absolute Gasteiger partial charge is 0.251 e. The minimum Gasteiger partial charge on any atom is -0.382 e. The van der Waals surface area contributed by atoms with Gasteiger partial charge in [0.25, 0.3) is 5.91 Å². The van der Waals surface area contributed by atoms with Gasteiger partial charge in [0.15, 0.2) is 11.5 Å². The lowest BCUT2D eigenvalue weighted by Gasteiger charge is -2.07. The third-order valence-corrected chi connectivity index (χ3v) is 6.66. The van der Waals surface area contributed by atoms with Gasteiger partial charge in [-0.3, -0.25) is 4.79 Å². The summed E-state index contributed by atoms with van der Waals surface area (Å²) in [6.07, 6.45) is 3.11. The van der Waals surface area contributed by atoms with Crippen LogP contribution in [0, 0.1) is 0 Å². The minimum absolute atomic E-state index is 0.158. The first-order valence-electron chi connectivity index (χ1n) is 10.4. The Hall–Kier alpha value is -4.02. The first-order chi connectivity index (χ1) is 16.5. The van der Waals surface area contributed by atoms with E-state index in [2.05, 4.69) is 30.2 Å². The summed E-state index contributed by atoms with van der Waals surface area (Å²) in [6.45, 7) is 0.835. The Labute approximate surface area is 201 Å². The zero-order valence-electron chi connectivity index (χ0n) is 17.6. The van der Waals surface area contributed by atoms with E-state index in [4.69, 9.17) is 17.3 Å². The van der Waals surface area contributed by atoms with Crippen molar-refractivity contribution in [3.05, 3.63) is 76.4 Å². The molecule has 0 aliphatic heterocycles. The van der Waals surface area contributed by atoms with Crippen molar-refractivity contribution in [2.75, 3.05) is 5.73 Å². The fraction of sp³-hybridized carbons (Fsp3) is 0.0870.